The van der Waals surface area contributed by atoms with E-state index in [-0.39, 0.29) is 33.7 Å². The average Bonchev–Trinajstić information content (AvgIpc) is 2.94. The molecule has 3 aliphatic carbocycles. The van der Waals surface area contributed by atoms with Crippen LogP contribution in [0.25, 0.3) is 0 Å². The molecule has 0 amide bonds. The molecule has 0 aromatic carbocycles. The van der Waals surface area contributed by atoms with Gasteiger partial charge in [0.05, 0.1) is 23.2 Å². The summed E-state index contributed by atoms with van der Waals surface area (Å²) in [6.07, 6.45) is 8.42. The van der Waals surface area contributed by atoms with Gasteiger partial charge in [-0.1, -0.05) is 24.6 Å². The van der Waals surface area contributed by atoms with Crippen molar-refractivity contribution in [2.24, 2.45) is 35.0 Å². The number of carbonyl (C=O) groups is 1. The zero-order valence-corrected chi connectivity index (χ0v) is 18.3. The molecule has 3 nitrogen and oxygen atoms in total. The lowest BCUT2D eigenvalue weighted by molar-refractivity contribution is -0.154. The van der Waals surface area contributed by atoms with Gasteiger partial charge in [-0.25, -0.2) is 0 Å². The van der Waals surface area contributed by atoms with Gasteiger partial charge in [-0.15, -0.1) is 30.1 Å². The molecule has 4 aliphatic rings. The van der Waals surface area contributed by atoms with Crippen molar-refractivity contribution in [3.05, 3.63) is 24.3 Å². The van der Waals surface area contributed by atoms with E-state index < -0.39 is 11.5 Å². The quantitative estimate of drug-likeness (QED) is 0.538. The van der Waals surface area contributed by atoms with Crippen LogP contribution in [0.2, 0.25) is 0 Å². The summed E-state index contributed by atoms with van der Waals surface area (Å²) in [6, 6.07) is 0. The fourth-order valence-electron chi connectivity index (χ4n) is 6.56. The Hall–Kier alpha value is -0.390. The van der Waals surface area contributed by atoms with Crippen molar-refractivity contribution in [2.45, 2.75) is 49.7 Å². The Morgan fingerprint density at radius 3 is 2.70 bits per heavy atom. The van der Waals surface area contributed by atoms with E-state index in [0.29, 0.717) is 5.92 Å². The average molecular weight is 409 g/mol. The maximum atomic E-state index is 12.8. The minimum Gasteiger partial charge on any atom is -0.469 e. The van der Waals surface area contributed by atoms with E-state index in [1.807, 2.05) is 6.08 Å². The van der Waals surface area contributed by atoms with Crippen molar-refractivity contribution in [2.75, 3.05) is 18.6 Å². The van der Waals surface area contributed by atoms with Crippen LogP contribution in [-0.4, -0.2) is 39.9 Å². The van der Waals surface area contributed by atoms with Crippen molar-refractivity contribution >= 4 is 29.5 Å². The Kier molecular flexibility index (Phi) is 5.26. The summed E-state index contributed by atoms with van der Waals surface area (Å²) in [5, 5.41) is 11.5. The number of carbonyl (C=O) groups excluding carboxylic acids is 1. The zero-order chi connectivity index (χ0) is 19.4. The first-order valence-electron chi connectivity index (χ1n) is 10.2. The van der Waals surface area contributed by atoms with Crippen LogP contribution in [-0.2, 0) is 9.53 Å². The fraction of sp³-hybridized carbons (Fsp3) is 0.773. The highest BCUT2D eigenvalue weighted by Crippen LogP contribution is 2.64. The van der Waals surface area contributed by atoms with Gasteiger partial charge < -0.3 is 9.84 Å². The van der Waals surface area contributed by atoms with Crippen LogP contribution in [0.3, 0.4) is 0 Å². The molecule has 1 N–H and O–H groups in total. The normalized spacial score (nSPS) is 45.6. The minimum atomic E-state index is -0.459. The molecule has 1 saturated heterocycles. The number of thioether (sulfide) groups is 2. The lowest BCUT2D eigenvalue weighted by Gasteiger charge is -2.46. The second-order valence-corrected chi connectivity index (χ2v) is 12.3. The van der Waals surface area contributed by atoms with Crippen molar-refractivity contribution in [1.82, 2.24) is 0 Å². The molecule has 0 aromatic heterocycles. The summed E-state index contributed by atoms with van der Waals surface area (Å²) in [5.74, 6) is 2.93. The van der Waals surface area contributed by atoms with Gasteiger partial charge in [-0.2, -0.15) is 0 Å². The highest BCUT2D eigenvalue weighted by atomic mass is 32.2. The molecule has 2 saturated carbocycles. The van der Waals surface area contributed by atoms with Gasteiger partial charge in [0.2, 0.25) is 0 Å². The van der Waals surface area contributed by atoms with E-state index in [4.69, 9.17) is 4.74 Å². The Morgan fingerprint density at radius 1 is 1.37 bits per heavy atom. The Balaban J connectivity index is 1.71. The number of fused-ring (bicyclic) bond motifs is 3. The molecule has 1 heterocycles. The second-order valence-electron chi connectivity index (χ2n) is 9.08. The van der Waals surface area contributed by atoms with Crippen LogP contribution < -0.4 is 0 Å². The number of methoxy groups -OCH3 is 1. The van der Waals surface area contributed by atoms with Crippen molar-refractivity contribution in [3.63, 3.8) is 0 Å². The lowest BCUT2D eigenvalue weighted by atomic mass is 9.59. The molecule has 27 heavy (non-hydrogen) atoms. The molecule has 150 valence electrons. The summed E-state index contributed by atoms with van der Waals surface area (Å²) in [7, 11) is 1.46. The van der Waals surface area contributed by atoms with Gasteiger partial charge in [-0.05, 0) is 61.9 Å². The van der Waals surface area contributed by atoms with E-state index in [2.05, 4.69) is 50.0 Å². The fourth-order valence-corrected chi connectivity index (χ4v) is 10.0. The van der Waals surface area contributed by atoms with Gasteiger partial charge in [0.1, 0.15) is 0 Å². The van der Waals surface area contributed by atoms with Crippen LogP contribution in [0.1, 0.15) is 39.5 Å². The summed E-state index contributed by atoms with van der Waals surface area (Å²) in [6.45, 7) is 8.27. The van der Waals surface area contributed by atoms with Crippen LogP contribution in [0.5, 0.6) is 0 Å². The third kappa shape index (κ3) is 3.03. The second kappa shape index (κ2) is 7.14. The maximum Gasteiger partial charge on any atom is 0.310 e. The number of hydrogen-bond donors (Lipinski definition) is 1. The monoisotopic (exact) mass is 408 g/mol. The zero-order valence-electron chi connectivity index (χ0n) is 16.6. The first-order valence-corrected chi connectivity index (χ1v) is 12.2. The lowest BCUT2D eigenvalue weighted by Crippen LogP contribution is -2.46. The largest absolute Gasteiger partial charge is 0.469 e. The SMILES string of the molecule is C=C[C@@]1(C)C=C(C)[C@H]2C3CCC4(C[C@H]3[C@H](O)[C@@H]2[C@H]1C(=O)OC)SCCCS4. The molecule has 7 atom stereocenters. The maximum absolute atomic E-state index is 12.8. The van der Waals surface area contributed by atoms with E-state index in [1.54, 1.807) is 0 Å². The number of rotatable bonds is 2. The third-order valence-corrected chi connectivity index (χ3v) is 11.2. The van der Waals surface area contributed by atoms with Crippen LogP contribution in [0.15, 0.2) is 24.3 Å². The molecule has 0 bridgehead atoms. The third-order valence-electron chi connectivity index (χ3n) is 7.70. The number of aliphatic hydroxyl groups excluding tert-OH is 1. The number of esters is 1. The molecule has 3 fully saturated rings. The van der Waals surface area contributed by atoms with Gasteiger partial charge in [-0.3, -0.25) is 4.79 Å². The number of hydrogen-bond acceptors (Lipinski definition) is 5. The Labute approximate surface area is 171 Å². The molecule has 1 aliphatic heterocycles. The van der Waals surface area contributed by atoms with Gasteiger partial charge in [0, 0.05) is 11.3 Å². The van der Waals surface area contributed by atoms with Crippen molar-refractivity contribution in [1.29, 1.82) is 0 Å². The topological polar surface area (TPSA) is 46.5 Å². The summed E-state index contributed by atoms with van der Waals surface area (Å²) < 4.78 is 5.49. The first-order chi connectivity index (χ1) is 12.9. The molecule has 0 radical (unpaired) electrons. The number of aliphatic hydroxyl groups is 1. The van der Waals surface area contributed by atoms with Crippen LogP contribution in [0, 0.1) is 35.0 Å². The van der Waals surface area contributed by atoms with Crippen LogP contribution >= 0.6 is 23.5 Å². The minimum absolute atomic E-state index is 0.0609. The Bertz CT molecular complexity index is 654. The van der Waals surface area contributed by atoms with Crippen LogP contribution in [0.4, 0.5) is 0 Å². The molecule has 0 aromatic rings. The summed E-state index contributed by atoms with van der Waals surface area (Å²) >= 11 is 4.23. The van der Waals surface area contributed by atoms with Crippen molar-refractivity contribution < 1.29 is 14.6 Å². The van der Waals surface area contributed by atoms with E-state index in [9.17, 15) is 9.90 Å². The summed E-state index contributed by atoms with van der Waals surface area (Å²) in [5.41, 5.74) is 0.868. The highest BCUT2D eigenvalue weighted by Gasteiger charge is 2.62. The van der Waals surface area contributed by atoms with Gasteiger partial charge in [0.15, 0.2) is 0 Å². The van der Waals surface area contributed by atoms with E-state index in [0.717, 1.165) is 12.8 Å². The number of ether oxygens (including phenoxy) is 1. The summed E-state index contributed by atoms with van der Waals surface area (Å²) in [4.78, 5) is 12.8. The predicted octanol–water partition coefficient (Wildman–Crippen LogP) is 4.52. The smallest absolute Gasteiger partial charge is 0.310 e. The molecule has 5 heteroatoms. The van der Waals surface area contributed by atoms with Crippen molar-refractivity contribution in [3.8, 4) is 0 Å². The number of allylic oxidation sites excluding steroid dienone is 3. The Morgan fingerprint density at radius 2 is 2.07 bits per heavy atom. The van der Waals surface area contributed by atoms with E-state index >= 15 is 0 Å². The highest BCUT2D eigenvalue weighted by molar-refractivity contribution is 8.18. The molecular weight excluding hydrogens is 376 g/mol. The molecule has 1 unspecified atom stereocenters. The van der Waals surface area contributed by atoms with Gasteiger partial charge >= 0.3 is 5.97 Å². The molecule has 4 rings (SSSR count). The molecule has 1 spiro atoms. The molecular formula is C22H32O3S2. The standard InChI is InChI=1S/C22H32O3S2/c1-5-21(3)11-13(2)16-14-7-8-22(26-9-6-10-27-22)12-15(14)19(23)17(16)18(21)20(24)25-4/h5,11,14-19,23H,1,6-10,12H2,2-4H3/t14?,15-,16+,17+,18+,19+,21+/m1/s1. The predicted molar refractivity (Wildman–Crippen MR) is 114 cm³/mol. The van der Waals surface area contributed by atoms with E-state index in [1.165, 1.54) is 37.0 Å². The first kappa shape index (κ1) is 19.9. The van der Waals surface area contributed by atoms with Gasteiger partial charge in [0.25, 0.3) is 0 Å².